The van der Waals surface area contributed by atoms with Gasteiger partial charge >= 0.3 is 14.6 Å². The van der Waals surface area contributed by atoms with Crippen molar-refractivity contribution in [3.63, 3.8) is 0 Å². The highest BCUT2D eigenvalue weighted by molar-refractivity contribution is 7.40. The second-order valence-electron chi connectivity index (χ2n) is 10.8. The molecular formula is C29H60NO5P. The van der Waals surface area contributed by atoms with E-state index in [9.17, 15) is 9.69 Å². The van der Waals surface area contributed by atoms with E-state index in [1.165, 1.54) is 96.8 Å². The van der Waals surface area contributed by atoms with E-state index in [4.69, 9.17) is 13.8 Å². The number of unbranched alkanes of at least 4 members (excludes halogenated alkanes) is 13. The van der Waals surface area contributed by atoms with Gasteiger partial charge in [-0.15, -0.1) is 0 Å². The maximum absolute atomic E-state index is 11.5. The van der Waals surface area contributed by atoms with E-state index in [0.29, 0.717) is 12.5 Å². The van der Waals surface area contributed by atoms with Gasteiger partial charge in [0.1, 0.15) is 6.10 Å². The van der Waals surface area contributed by atoms with Gasteiger partial charge in [-0.3, -0.25) is 4.79 Å². The monoisotopic (exact) mass is 533 g/mol. The lowest BCUT2D eigenvalue weighted by Crippen LogP contribution is -2.22. The minimum Gasteiger partial charge on any atom is -0.460 e. The van der Waals surface area contributed by atoms with Crippen LogP contribution < -0.4 is 0 Å². The van der Waals surface area contributed by atoms with Crippen molar-refractivity contribution in [3.05, 3.63) is 0 Å². The fourth-order valence-electron chi connectivity index (χ4n) is 4.39. The molecule has 0 saturated carbocycles. The number of nitrogens with zero attached hydrogens (tertiary/aromatic N) is 1. The molecule has 0 aliphatic rings. The summed E-state index contributed by atoms with van der Waals surface area (Å²) in [5.41, 5.74) is 0. The van der Waals surface area contributed by atoms with Crippen LogP contribution in [-0.2, 0) is 18.6 Å². The Kier molecular flexibility index (Phi) is 26.2. The van der Waals surface area contributed by atoms with Crippen molar-refractivity contribution >= 4 is 14.6 Å². The molecule has 3 unspecified atom stereocenters. The Balaban J connectivity index is 3.77. The molecule has 0 rings (SSSR count). The van der Waals surface area contributed by atoms with Gasteiger partial charge in [-0.05, 0) is 52.2 Å². The first kappa shape index (κ1) is 35.7. The summed E-state index contributed by atoms with van der Waals surface area (Å²) < 4.78 is 16.2. The van der Waals surface area contributed by atoms with E-state index in [2.05, 4.69) is 18.7 Å². The second kappa shape index (κ2) is 26.4. The van der Waals surface area contributed by atoms with Crippen LogP contribution in [0.3, 0.4) is 0 Å². The summed E-state index contributed by atoms with van der Waals surface area (Å²) in [6, 6.07) is 0. The molecule has 0 aliphatic heterocycles. The maximum atomic E-state index is 11.5. The Hall–Kier alpha value is -0.260. The van der Waals surface area contributed by atoms with Gasteiger partial charge < -0.3 is 23.6 Å². The minimum atomic E-state index is -1.93. The largest absolute Gasteiger partial charge is 0.460 e. The van der Waals surface area contributed by atoms with Crippen LogP contribution in [0.4, 0.5) is 0 Å². The third-order valence-electron chi connectivity index (χ3n) is 6.69. The zero-order chi connectivity index (χ0) is 26.9. The quantitative estimate of drug-likeness (QED) is 0.0649. The number of carbonyl (C=O) groups excluding carboxylic acids is 1. The molecule has 0 bridgehead atoms. The van der Waals surface area contributed by atoms with Gasteiger partial charge in [0.25, 0.3) is 0 Å². The van der Waals surface area contributed by atoms with Crippen LogP contribution in [0.1, 0.15) is 136 Å². The van der Waals surface area contributed by atoms with Crippen LogP contribution >= 0.6 is 8.60 Å². The van der Waals surface area contributed by atoms with E-state index in [0.717, 1.165) is 32.2 Å². The van der Waals surface area contributed by atoms with E-state index in [1.807, 2.05) is 14.1 Å². The summed E-state index contributed by atoms with van der Waals surface area (Å²) in [6.45, 7) is 7.64. The van der Waals surface area contributed by atoms with Crippen molar-refractivity contribution in [2.75, 3.05) is 33.9 Å². The molecule has 216 valence electrons. The van der Waals surface area contributed by atoms with Crippen molar-refractivity contribution in [2.24, 2.45) is 5.92 Å². The van der Waals surface area contributed by atoms with Gasteiger partial charge in [-0.2, -0.15) is 0 Å². The fraction of sp³-hybridized carbons (Fsp3) is 0.966. The van der Waals surface area contributed by atoms with Crippen molar-refractivity contribution in [1.29, 1.82) is 0 Å². The summed E-state index contributed by atoms with van der Waals surface area (Å²) in [5, 5.41) is 0. The topological polar surface area (TPSA) is 68.2 Å². The Bertz CT molecular complexity index is 481. The van der Waals surface area contributed by atoms with E-state index >= 15 is 0 Å². The van der Waals surface area contributed by atoms with E-state index < -0.39 is 8.60 Å². The lowest BCUT2D eigenvalue weighted by atomic mass is 9.96. The van der Waals surface area contributed by atoms with E-state index in [-0.39, 0.29) is 18.7 Å². The number of ether oxygens (including phenoxy) is 1. The predicted molar refractivity (Wildman–Crippen MR) is 153 cm³/mol. The Morgan fingerprint density at radius 1 is 0.778 bits per heavy atom. The molecule has 0 aromatic rings. The highest BCUT2D eigenvalue weighted by Crippen LogP contribution is 2.33. The SMILES string of the molecule is CCCCCCCCCCCCCCCC(C)CCC(COP(O)OCCCCN(C)C)OC(C)=O. The van der Waals surface area contributed by atoms with Crippen LogP contribution in [-0.4, -0.2) is 55.7 Å². The summed E-state index contributed by atoms with van der Waals surface area (Å²) >= 11 is 0. The molecule has 6 nitrogen and oxygen atoms in total. The molecule has 0 aliphatic carbocycles. The number of esters is 1. The summed E-state index contributed by atoms with van der Waals surface area (Å²) in [7, 11) is 2.15. The van der Waals surface area contributed by atoms with Gasteiger partial charge in [-0.25, -0.2) is 0 Å². The molecule has 0 fully saturated rings. The molecule has 0 saturated heterocycles. The standard InChI is InChI=1S/C29H60NO5P/c1-6-7-8-9-10-11-12-13-14-15-16-17-18-21-27(2)22-23-29(35-28(3)31)26-34-36(32)33-25-20-19-24-30(4)5/h27,29,32H,6-26H2,1-5H3. The molecule has 0 radical (unpaired) electrons. The molecule has 0 aromatic heterocycles. The molecule has 0 spiro atoms. The molecule has 0 amide bonds. The zero-order valence-corrected chi connectivity index (χ0v) is 25.4. The number of rotatable bonds is 27. The third kappa shape index (κ3) is 26.8. The summed E-state index contributed by atoms with van der Waals surface area (Å²) in [4.78, 5) is 23.6. The van der Waals surface area contributed by atoms with Crippen molar-refractivity contribution in [3.8, 4) is 0 Å². The molecule has 36 heavy (non-hydrogen) atoms. The summed E-state index contributed by atoms with van der Waals surface area (Å²) in [5.74, 6) is 0.291. The lowest BCUT2D eigenvalue weighted by molar-refractivity contribution is -0.148. The number of hydrogen-bond acceptors (Lipinski definition) is 6. The molecular weight excluding hydrogens is 473 g/mol. The van der Waals surface area contributed by atoms with Gasteiger partial charge in [0.15, 0.2) is 0 Å². The zero-order valence-electron chi connectivity index (χ0n) is 24.5. The highest BCUT2D eigenvalue weighted by atomic mass is 31.2. The first-order chi connectivity index (χ1) is 17.3. The third-order valence-corrected chi connectivity index (χ3v) is 7.46. The summed E-state index contributed by atoms with van der Waals surface area (Å²) in [6.07, 6.45) is 22.5. The molecule has 7 heteroatoms. The van der Waals surface area contributed by atoms with Crippen molar-refractivity contribution in [1.82, 2.24) is 4.90 Å². The minimum absolute atomic E-state index is 0.185. The molecule has 1 N–H and O–H groups in total. The average Bonchev–Trinajstić information content (AvgIpc) is 2.83. The lowest BCUT2D eigenvalue weighted by Gasteiger charge is -2.20. The smallest absolute Gasteiger partial charge is 0.329 e. The van der Waals surface area contributed by atoms with Crippen LogP contribution in [0, 0.1) is 5.92 Å². The second-order valence-corrected chi connectivity index (χ2v) is 11.8. The molecule has 0 aromatic carbocycles. The predicted octanol–water partition coefficient (Wildman–Crippen LogP) is 8.41. The van der Waals surface area contributed by atoms with Crippen LogP contribution in [0.2, 0.25) is 0 Å². The van der Waals surface area contributed by atoms with Gasteiger partial charge in [0.2, 0.25) is 0 Å². The highest BCUT2D eigenvalue weighted by Gasteiger charge is 2.17. The van der Waals surface area contributed by atoms with Crippen LogP contribution in [0.15, 0.2) is 0 Å². The van der Waals surface area contributed by atoms with Crippen LogP contribution in [0.25, 0.3) is 0 Å². The Morgan fingerprint density at radius 2 is 1.33 bits per heavy atom. The fourth-order valence-corrected chi connectivity index (χ4v) is 5.05. The number of carbonyl (C=O) groups is 1. The van der Waals surface area contributed by atoms with Gasteiger partial charge in [-0.1, -0.05) is 104 Å². The van der Waals surface area contributed by atoms with Gasteiger partial charge in [0, 0.05) is 6.92 Å². The van der Waals surface area contributed by atoms with Crippen molar-refractivity contribution < 1.29 is 23.5 Å². The molecule has 3 atom stereocenters. The Morgan fingerprint density at radius 3 is 1.86 bits per heavy atom. The van der Waals surface area contributed by atoms with Gasteiger partial charge in [0.05, 0.1) is 13.2 Å². The Labute approximate surface area is 225 Å². The molecule has 0 heterocycles. The van der Waals surface area contributed by atoms with E-state index in [1.54, 1.807) is 0 Å². The maximum Gasteiger partial charge on any atom is 0.329 e. The first-order valence-electron chi connectivity index (χ1n) is 14.9. The normalized spacial score (nSPS) is 14.2. The average molecular weight is 534 g/mol. The van der Waals surface area contributed by atoms with Crippen LogP contribution in [0.5, 0.6) is 0 Å². The first-order valence-corrected chi connectivity index (χ1v) is 16.0. The van der Waals surface area contributed by atoms with Crippen molar-refractivity contribution in [2.45, 2.75) is 142 Å². The number of hydrogen-bond donors (Lipinski definition) is 1.